The van der Waals surface area contributed by atoms with Gasteiger partial charge in [-0.3, -0.25) is 0 Å². The molecule has 0 bridgehead atoms. The van der Waals surface area contributed by atoms with Crippen molar-refractivity contribution in [3.05, 3.63) is 370 Å². The second kappa shape index (κ2) is 24.4. The van der Waals surface area contributed by atoms with Crippen LogP contribution >= 0.6 is 0 Å². The van der Waals surface area contributed by atoms with Crippen molar-refractivity contribution in [3.63, 3.8) is 0 Å². The van der Waals surface area contributed by atoms with Gasteiger partial charge < -0.3 is 37.2 Å². The zero-order valence-corrected chi connectivity index (χ0v) is 56.7. The molecule has 0 radical (unpaired) electrons. The lowest BCUT2D eigenvalue weighted by Gasteiger charge is -2.33. The maximum Gasteiger partial charge on any atom is 0.260 e. The van der Waals surface area contributed by atoms with Gasteiger partial charge in [0.1, 0.15) is 46.0 Å². The number of para-hydroxylation sites is 10. The maximum atomic E-state index is 6.68. The van der Waals surface area contributed by atoms with E-state index >= 15 is 0 Å². The van der Waals surface area contributed by atoms with Gasteiger partial charge in [0, 0.05) is 90.3 Å². The van der Waals surface area contributed by atoms with E-state index in [0.29, 0.717) is 11.5 Å². The summed E-state index contributed by atoms with van der Waals surface area (Å²) in [5.74, 6) is 6.37. The van der Waals surface area contributed by atoms with Crippen molar-refractivity contribution in [2.75, 3.05) is 0 Å². The van der Waals surface area contributed by atoms with Crippen molar-refractivity contribution in [2.45, 2.75) is 0 Å². The Morgan fingerprint density at radius 1 is 0.200 bits per heavy atom. The number of nitrogens with zero attached hydrogens (tertiary/aromatic N) is 4. The number of hydrogen-bond donors (Lipinski definition) is 0. The lowest BCUT2D eigenvalue weighted by Crippen LogP contribution is -2.57. The lowest BCUT2D eigenvalue weighted by atomic mass is 9.35. The second-order valence-corrected chi connectivity index (χ2v) is 27.1. The SMILES string of the molecule is c1ccc(-n2c3ccccc3c3cc(-c4ccc5c(c4)c4ccccc4n5-c4cc5c6c(c4)Oc4ccccc4B6c4ccccc4O5)ccc32)cc1.c1ccc(Oc2cc(Oc3ccccc3)cc(-n3c4ccccc4c4cc(-c5ccc6c(c5)c5ccccc5n6-c5ccccc5)ccc43)c2)cc1. The fourth-order valence-corrected chi connectivity index (χ4v) is 16.4. The molecule has 16 aromatic carbocycles. The highest BCUT2D eigenvalue weighted by molar-refractivity contribution is 6.98. The molecular formula is C96H61BN4O4. The molecule has 8 nitrogen and oxygen atoms in total. The first-order valence-corrected chi connectivity index (χ1v) is 35.6. The molecule has 105 heavy (non-hydrogen) atoms. The van der Waals surface area contributed by atoms with Crippen molar-refractivity contribution >= 4 is 110 Å². The summed E-state index contributed by atoms with van der Waals surface area (Å²) in [4.78, 5) is 0. The van der Waals surface area contributed by atoms with Gasteiger partial charge in [-0.05, 0) is 167 Å². The average Bonchev–Trinajstić information content (AvgIpc) is 1.67. The molecule has 2 aliphatic heterocycles. The number of rotatable bonds is 10. The van der Waals surface area contributed by atoms with Crippen molar-refractivity contribution < 1.29 is 18.9 Å². The predicted octanol–water partition coefficient (Wildman–Crippen LogP) is 23.4. The minimum Gasteiger partial charge on any atom is -0.458 e. The fourth-order valence-electron chi connectivity index (χ4n) is 16.4. The largest absolute Gasteiger partial charge is 0.458 e. The van der Waals surface area contributed by atoms with Gasteiger partial charge in [0.2, 0.25) is 0 Å². The van der Waals surface area contributed by atoms with Crippen LogP contribution in [-0.4, -0.2) is 25.0 Å². The number of hydrogen-bond acceptors (Lipinski definition) is 4. The summed E-state index contributed by atoms with van der Waals surface area (Å²) < 4.78 is 35.5. The third-order valence-electron chi connectivity index (χ3n) is 21.0. The highest BCUT2D eigenvalue weighted by Gasteiger charge is 2.40. The summed E-state index contributed by atoms with van der Waals surface area (Å²) in [6.45, 7) is 0.0451. The van der Waals surface area contributed by atoms with Crippen LogP contribution in [0.3, 0.4) is 0 Å². The Bertz CT molecular complexity index is 6730. The Labute approximate surface area is 604 Å². The summed E-state index contributed by atoms with van der Waals surface area (Å²) in [7, 11) is 0. The first-order valence-electron chi connectivity index (χ1n) is 35.6. The summed E-state index contributed by atoms with van der Waals surface area (Å²) >= 11 is 0. The molecule has 4 aromatic heterocycles. The summed E-state index contributed by atoms with van der Waals surface area (Å²) in [6, 6.07) is 130. The number of aromatic nitrogens is 4. The first-order chi connectivity index (χ1) is 52.0. The molecule has 0 saturated carbocycles. The molecule has 20 aromatic rings. The fraction of sp³-hybridized carbons (Fsp3) is 0. The first kappa shape index (κ1) is 59.8. The molecule has 9 heteroatoms. The third-order valence-corrected chi connectivity index (χ3v) is 21.0. The lowest BCUT2D eigenvalue weighted by molar-refractivity contribution is 0.460. The molecule has 492 valence electrons. The van der Waals surface area contributed by atoms with E-state index in [1.807, 2.05) is 78.9 Å². The van der Waals surface area contributed by atoms with E-state index in [0.717, 1.165) is 95.7 Å². The van der Waals surface area contributed by atoms with E-state index in [4.69, 9.17) is 18.9 Å². The Kier molecular flexibility index (Phi) is 13.9. The monoisotopic (exact) mass is 1340 g/mol. The molecular weight excluding hydrogens is 1280 g/mol. The van der Waals surface area contributed by atoms with Crippen molar-refractivity contribution in [2.24, 2.45) is 0 Å². The number of fused-ring (bicyclic) bond motifs is 16. The van der Waals surface area contributed by atoms with Crippen molar-refractivity contribution in [1.29, 1.82) is 0 Å². The van der Waals surface area contributed by atoms with E-state index in [1.165, 1.54) is 87.4 Å². The van der Waals surface area contributed by atoms with E-state index in [1.54, 1.807) is 0 Å². The zero-order valence-electron chi connectivity index (χ0n) is 56.7. The molecule has 0 spiro atoms. The zero-order chi connectivity index (χ0) is 69.1. The van der Waals surface area contributed by atoms with Gasteiger partial charge in [0.25, 0.3) is 6.71 Å². The van der Waals surface area contributed by atoms with Crippen LogP contribution in [0.2, 0.25) is 0 Å². The molecule has 0 saturated heterocycles. The summed E-state index contributed by atoms with van der Waals surface area (Å²) in [5, 5.41) is 9.74. The molecule has 0 N–H and O–H groups in total. The number of benzene rings is 16. The van der Waals surface area contributed by atoms with Crippen molar-refractivity contribution in [3.8, 4) is 91.0 Å². The predicted molar refractivity (Wildman–Crippen MR) is 432 cm³/mol. The van der Waals surface area contributed by atoms with Crippen LogP contribution in [-0.2, 0) is 0 Å². The minimum absolute atomic E-state index is 0.0451. The van der Waals surface area contributed by atoms with E-state index < -0.39 is 0 Å². The van der Waals surface area contributed by atoms with Crippen molar-refractivity contribution in [1.82, 2.24) is 18.3 Å². The molecule has 0 atom stereocenters. The van der Waals surface area contributed by atoms with Gasteiger partial charge in [0.05, 0.1) is 55.5 Å². The molecule has 0 fully saturated rings. The topological polar surface area (TPSA) is 56.6 Å². The molecule has 0 aliphatic carbocycles. The molecule has 2 aliphatic rings. The Morgan fingerprint density at radius 3 is 0.848 bits per heavy atom. The summed E-state index contributed by atoms with van der Waals surface area (Å²) in [6.07, 6.45) is 0. The quantitative estimate of drug-likeness (QED) is 0.128. The Hall–Kier alpha value is -14.0. The van der Waals surface area contributed by atoms with Crippen LogP contribution in [0.25, 0.3) is 132 Å². The van der Waals surface area contributed by atoms with Crippen LogP contribution in [0.4, 0.5) is 0 Å². The second-order valence-electron chi connectivity index (χ2n) is 27.1. The van der Waals surface area contributed by atoms with E-state index in [2.05, 4.69) is 309 Å². The van der Waals surface area contributed by atoms with Gasteiger partial charge in [-0.15, -0.1) is 0 Å². The standard InChI is InChI=1S/C48H29BN2O2.C48H32N2O2/c1-2-12-32(13-3-1)50-40-18-8-4-14-34(40)36-26-30(22-24-42(36)50)31-23-25-43-37(27-31)35-15-5-9-19-41(35)51(43)33-28-46-48-47(29-33)53-45-21-11-7-17-39(45)49(48)38-16-6-10-20-44(38)52-46;1-4-14-35(15-5-1)49-45-22-12-10-20-41(45)43-28-33(24-26-47(43)49)34-25-27-48-44(29-34)42-21-11-13-23-46(42)50(48)36-30-39(51-37-16-6-2-7-17-37)32-40(31-36)52-38-18-8-3-9-19-38/h1-29H;1-32H. The third kappa shape index (κ3) is 10.00. The normalized spacial score (nSPS) is 12.1. The molecule has 6 heterocycles. The number of ether oxygens (including phenoxy) is 4. The smallest absolute Gasteiger partial charge is 0.260 e. The molecule has 0 amide bonds. The van der Waals surface area contributed by atoms with E-state index in [9.17, 15) is 0 Å². The Balaban J connectivity index is 0.000000135. The van der Waals surface area contributed by atoms with Gasteiger partial charge in [-0.2, -0.15) is 0 Å². The highest BCUT2D eigenvalue weighted by atomic mass is 16.5. The van der Waals surface area contributed by atoms with Gasteiger partial charge >= 0.3 is 0 Å². The minimum atomic E-state index is 0.0451. The highest BCUT2D eigenvalue weighted by Crippen LogP contribution is 2.45. The van der Waals surface area contributed by atoms with Gasteiger partial charge in [-0.25, -0.2) is 0 Å². The average molecular weight is 1350 g/mol. The summed E-state index contributed by atoms with van der Waals surface area (Å²) in [5.41, 5.74) is 21.7. The Morgan fingerprint density at radius 2 is 0.486 bits per heavy atom. The van der Waals surface area contributed by atoms with Crippen LogP contribution in [0, 0.1) is 0 Å². The molecule has 22 rings (SSSR count). The van der Waals surface area contributed by atoms with Crippen LogP contribution in [0.1, 0.15) is 0 Å². The maximum absolute atomic E-state index is 6.68. The van der Waals surface area contributed by atoms with E-state index in [-0.39, 0.29) is 6.71 Å². The van der Waals surface area contributed by atoms with Gasteiger partial charge in [0.15, 0.2) is 0 Å². The van der Waals surface area contributed by atoms with Crippen LogP contribution in [0.5, 0.6) is 46.0 Å². The van der Waals surface area contributed by atoms with Crippen LogP contribution in [0.15, 0.2) is 370 Å². The van der Waals surface area contributed by atoms with Gasteiger partial charge in [-0.1, -0.05) is 206 Å². The molecule has 0 unspecified atom stereocenters. The van der Waals surface area contributed by atoms with Crippen LogP contribution < -0.4 is 35.3 Å².